The molecule has 0 aliphatic carbocycles. The van der Waals surface area contributed by atoms with Crippen LogP contribution in [-0.4, -0.2) is 14.5 Å². The van der Waals surface area contributed by atoms with Gasteiger partial charge in [0.05, 0.1) is 15.6 Å². The highest BCUT2D eigenvalue weighted by Gasteiger charge is 2.21. The van der Waals surface area contributed by atoms with Gasteiger partial charge in [0.2, 0.25) is 0 Å². The summed E-state index contributed by atoms with van der Waals surface area (Å²) in [5, 5.41) is 0. The van der Waals surface area contributed by atoms with Crippen LogP contribution < -0.4 is 9.46 Å². The van der Waals surface area contributed by atoms with Crippen LogP contribution in [0.5, 0.6) is 5.75 Å². The maximum Gasteiger partial charge on any atom is 0.263 e. The van der Waals surface area contributed by atoms with Gasteiger partial charge in [-0.25, -0.2) is 8.42 Å². The van der Waals surface area contributed by atoms with Gasteiger partial charge >= 0.3 is 0 Å². The van der Waals surface area contributed by atoms with Crippen LogP contribution in [-0.2, 0) is 10.0 Å². The number of benzene rings is 1. The number of hydrogen-bond donors (Lipinski definition) is 1. The van der Waals surface area contributed by atoms with Crippen molar-refractivity contribution in [1.29, 1.82) is 0 Å². The fourth-order valence-electron chi connectivity index (χ4n) is 1.80. The standard InChI is InChI=1S/C14H16BrNO3S2/c1-9(2)19-12-7-5-4-6-11(12)16-21(17,18)13-8-14(15)20-10(13)3/h4-9,16H,1-3H3. The minimum atomic E-state index is -3.63. The molecule has 0 aliphatic rings. The lowest BCUT2D eigenvalue weighted by molar-refractivity contribution is 0.244. The Hall–Kier alpha value is -1.05. The normalized spacial score (nSPS) is 11.7. The second-order valence-electron chi connectivity index (χ2n) is 4.74. The van der Waals surface area contributed by atoms with Gasteiger partial charge in [0, 0.05) is 4.88 Å². The summed E-state index contributed by atoms with van der Waals surface area (Å²) >= 11 is 4.70. The first kappa shape index (κ1) is 16.3. The molecule has 0 spiro atoms. The second kappa shape index (κ2) is 6.37. The van der Waals surface area contributed by atoms with Gasteiger partial charge in [-0.05, 0) is 54.9 Å². The fraction of sp³-hybridized carbons (Fsp3) is 0.286. The van der Waals surface area contributed by atoms with Gasteiger partial charge in [-0.15, -0.1) is 11.3 Å². The molecule has 2 aromatic rings. The SMILES string of the molecule is Cc1sc(Br)cc1S(=O)(=O)Nc1ccccc1OC(C)C. The Kier molecular flexibility index (Phi) is 4.95. The molecule has 1 aromatic heterocycles. The van der Waals surface area contributed by atoms with E-state index in [0.29, 0.717) is 11.4 Å². The van der Waals surface area contributed by atoms with Crippen LogP contribution >= 0.6 is 27.3 Å². The Morgan fingerprint density at radius 2 is 1.95 bits per heavy atom. The summed E-state index contributed by atoms with van der Waals surface area (Å²) in [7, 11) is -3.63. The fourth-order valence-corrected chi connectivity index (χ4v) is 5.29. The van der Waals surface area contributed by atoms with E-state index in [1.807, 2.05) is 19.9 Å². The van der Waals surface area contributed by atoms with E-state index in [0.717, 1.165) is 8.66 Å². The summed E-state index contributed by atoms with van der Waals surface area (Å²) in [6, 6.07) is 8.61. The number of rotatable bonds is 5. The molecular formula is C14H16BrNO3S2. The summed E-state index contributed by atoms with van der Waals surface area (Å²) in [6.45, 7) is 5.57. The highest BCUT2D eigenvalue weighted by atomic mass is 79.9. The topological polar surface area (TPSA) is 55.4 Å². The molecular weight excluding hydrogens is 374 g/mol. The van der Waals surface area contributed by atoms with Crippen LogP contribution in [0.4, 0.5) is 5.69 Å². The highest BCUT2D eigenvalue weighted by molar-refractivity contribution is 9.11. The Labute approximate surface area is 137 Å². The number of sulfonamides is 1. The van der Waals surface area contributed by atoms with E-state index < -0.39 is 10.0 Å². The molecule has 0 atom stereocenters. The van der Waals surface area contributed by atoms with E-state index in [1.54, 1.807) is 31.2 Å². The van der Waals surface area contributed by atoms with Crippen molar-refractivity contribution < 1.29 is 13.2 Å². The van der Waals surface area contributed by atoms with Gasteiger partial charge in [-0.2, -0.15) is 0 Å². The van der Waals surface area contributed by atoms with Crippen molar-refractivity contribution in [2.24, 2.45) is 0 Å². The molecule has 114 valence electrons. The van der Waals surface area contributed by atoms with Gasteiger partial charge in [0.1, 0.15) is 10.6 Å². The van der Waals surface area contributed by atoms with Crippen molar-refractivity contribution in [3.8, 4) is 5.75 Å². The predicted octanol–water partition coefficient (Wildman–Crippen LogP) is 4.41. The third-order valence-corrected chi connectivity index (χ3v) is 5.80. The lowest BCUT2D eigenvalue weighted by Gasteiger charge is -2.15. The molecule has 1 N–H and O–H groups in total. The molecule has 0 radical (unpaired) electrons. The number of hydrogen-bond acceptors (Lipinski definition) is 4. The van der Waals surface area contributed by atoms with Crippen molar-refractivity contribution in [3.05, 3.63) is 39.0 Å². The average molecular weight is 390 g/mol. The largest absolute Gasteiger partial charge is 0.489 e. The van der Waals surface area contributed by atoms with Crippen LogP contribution in [0.1, 0.15) is 18.7 Å². The zero-order chi connectivity index (χ0) is 15.6. The smallest absolute Gasteiger partial charge is 0.263 e. The molecule has 4 nitrogen and oxygen atoms in total. The van der Waals surface area contributed by atoms with Gasteiger partial charge in [0.15, 0.2) is 0 Å². The third kappa shape index (κ3) is 3.99. The van der Waals surface area contributed by atoms with Crippen molar-refractivity contribution in [3.63, 3.8) is 0 Å². The summed E-state index contributed by atoms with van der Waals surface area (Å²) in [6.07, 6.45) is -0.0346. The molecule has 7 heteroatoms. The minimum absolute atomic E-state index is 0.0346. The van der Waals surface area contributed by atoms with Crippen LogP contribution in [0.15, 0.2) is 39.0 Å². The second-order valence-corrected chi connectivity index (χ2v) is 9.03. The van der Waals surface area contributed by atoms with E-state index in [1.165, 1.54) is 11.3 Å². The van der Waals surface area contributed by atoms with Crippen molar-refractivity contribution in [1.82, 2.24) is 0 Å². The monoisotopic (exact) mass is 389 g/mol. The molecule has 0 aliphatic heterocycles. The summed E-state index contributed by atoms with van der Waals surface area (Å²) in [5.41, 5.74) is 0.438. The maximum atomic E-state index is 12.5. The molecule has 2 rings (SSSR count). The summed E-state index contributed by atoms with van der Waals surface area (Å²) in [4.78, 5) is 1.01. The zero-order valence-electron chi connectivity index (χ0n) is 11.9. The van der Waals surface area contributed by atoms with Crippen molar-refractivity contribution in [2.75, 3.05) is 4.72 Å². The number of halogens is 1. The van der Waals surface area contributed by atoms with Gasteiger partial charge in [0.25, 0.3) is 10.0 Å². The Balaban J connectivity index is 2.35. The first-order chi connectivity index (χ1) is 9.79. The van der Waals surface area contributed by atoms with Crippen LogP contribution in [0.3, 0.4) is 0 Å². The van der Waals surface area contributed by atoms with Crippen molar-refractivity contribution in [2.45, 2.75) is 31.8 Å². The molecule has 1 aromatic carbocycles. The summed E-state index contributed by atoms with van der Waals surface area (Å²) < 4.78 is 34.0. The van der Waals surface area contributed by atoms with Crippen LogP contribution in [0.25, 0.3) is 0 Å². The maximum absolute atomic E-state index is 12.5. The number of nitrogens with one attached hydrogen (secondary N) is 1. The van der Waals surface area contributed by atoms with E-state index in [2.05, 4.69) is 20.7 Å². The zero-order valence-corrected chi connectivity index (χ0v) is 15.1. The Morgan fingerprint density at radius 3 is 2.52 bits per heavy atom. The quantitative estimate of drug-likeness (QED) is 0.823. The minimum Gasteiger partial charge on any atom is -0.489 e. The van der Waals surface area contributed by atoms with Gasteiger partial charge in [-0.1, -0.05) is 12.1 Å². The number of para-hydroxylation sites is 2. The lowest BCUT2D eigenvalue weighted by atomic mass is 10.3. The Morgan fingerprint density at radius 1 is 1.29 bits per heavy atom. The van der Waals surface area contributed by atoms with Gasteiger partial charge < -0.3 is 4.74 Å². The number of anilines is 1. The molecule has 0 fully saturated rings. The number of ether oxygens (including phenoxy) is 1. The molecule has 0 unspecified atom stereocenters. The first-order valence-corrected chi connectivity index (χ1v) is 9.43. The molecule has 0 bridgehead atoms. The van der Waals surface area contributed by atoms with Gasteiger partial charge in [-0.3, -0.25) is 4.72 Å². The average Bonchev–Trinajstić information content (AvgIpc) is 2.71. The molecule has 0 amide bonds. The van der Waals surface area contributed by atoms with E-state index in [-0.39, 0.29) is 11.0 Å². The van der Waals surface area contributed by atoms with Crippen LogP contribution in [0.2, 0.25) is 0 Å². The molecule has 1 heterocycles. The Bertz CT molecular complexity index is 738. The number of aryl methyl sites for hydroxylation is 1. The van der Waals surface area contributed by atoms with Crippen LogP contribution in [0, 0.1) is 6.92 Å². The lowest BCUT2D eigenvalue weighted by Crippen LogP contribution is -2.15. The predicted molar refractivity (Wildman–Crippen MR) is 89.8 cm³/mol. The number of thiophene rings is 1. The third-order valence-electron chi connectivity index (χ3n) is 2.63. The van der Waals surface area contributed by atoms with E-state index >= 15 is 0 Å². The van der Waals surface area contributed by atoms with E-state index in [9.17, 15) is 8.42 Å². The first-order valence-electron chi connectivity index (χ1n) is 6.34. The highest BCUT2D eigenvalue weighted by Crippen LogP contribution is 2.33. The summed E-state index contributed by atoms with van der Waals surface area (Å²) in [5.74, 6) is 0.517. The van der Waals surface area contributed by atoms with E-state index in [4.69, 9.17) is 4.74 Å². The molecule has 0 saturated heterocycles. The molecule has 0 saturated carbocycles. The molecule has 21 heavy (non-hydrogen) atoms. The van der Waals surface area contributed by atoms with Crippen molar-refractivity contribution >= 4 is 43.0 Å².